The van der Waals surface area contributed by atoms with Gasteiger partial charge in [-0.05, 0) is 44.5 Å². The third-order valence-corrected chi connectivity index (χ3v) is 4.41. The monoisotopic (exact) mass is 320 g/mol. The van der Waals surface area contributed by atoms with E-state index in [1.165, 1.54) is 5.69 Å². The van der Waals surface area contributed by atoms with Crippen LogP contribution in [0.3, 0.4) is 0 Å². The Balaban J connectivity index is 1.56. The lowest BCUT2D eigenvalue weighted by atomic mass is 10.2. The highest BCUT2D eigenvalue weighted by Crippen LogP contribution is 2.26. The van der Waals surface area contributed by atoms with Gasteiger partial charge >= 0.3 is 0 Å². The second kappa shape index (κ2) is 6.03. The number of anilines is 1. The molecule has 1 atom stereocenters. The minimum Gasteiger partial charge on any atom is -0.339 e. The van der Waals surface area contributed by atoms with Crippen molar-refractivity contribution in [3.05, 3.63) is 54.1 Å². The van der Waals surface area contributed by atoms with E-state index >= 15 is 0 Å². The van der Waals surface area contributed by atoms with Crippen molar-refractivity contribution in [1.29, 1.82) is 0 Å². The Morgan fingerprint density at radius 2 is 1.96 bits per heavy atom. The zero-order valence-corrected chi connectivity index (χ0v) is 13.9. The summed E-state index contributed by atoms with van der Waals surface area (Å²) in [7, 11) is 0. The van der Waals surface area contributed by atoms with Gasteiger partial charge in [0.05, 0.1) is 23.1 Å². The molecule has 6 heteroatoms. The van der Waals surface area contributed by atoms with Gasteiger partial charge in [-0.1, -0.05) is 6.07 Å². The second-order valence-corrected chi connectivity index (χ2v) is 6.22. The standard InChI is InChI=1S/C18H20N6/c1-13-11-14(2)24(22-13)15-7-10-23(12-15)18-20-9-6-17(21-18)16-5-3-4-8-19-16/h3-6,8-9,11,15H,7,10,12H2,1-2H3. The zero-order chi connectivity index (χ0) is 16.5. The Labute approximate surface area is 141 Å². The average Bonchev–Trinajstić information content (AvgIpc) is 3.22. The number of nitrogens with zero attached hydrogens (tertiary/aromatic N) is 6. The Hall–Kier alpha value is -2.76. The van der Waals surface area contributed by atoms with Gasteiger partial charge in [0, 0.05) is 31.2 Å². The third kappa shape index (κ3) is 2.75. The van der Waals surface area contributed by atoms with Crippen molar-refractivity contribution < 1.29 is 0 Å². The van der Waals surface area contributed by atoms with Gasteiger partial charge in [0.2, 0.25) is 5.95 Å². The van der Waals surface area contributed by atoms with Gasteiger partial charge in [-0.2, -0.15) is 5.10 Å². The van der Waals surface area contributed by atoms with Crippen molar-refractivity contribution in [2.45, 2.75) is 26.3 Å². The number of pyridine rings is 1. The van der Waals surface area contributed by atoms with Gasteiger partial charge in [-0.25, -0.2) is 9.97 Å². The summed E-state index contributed by atoms with van der Waals surface area (Å²) >= 11 is 0. The van der Waals surface area contributed by atoms with Crippen LogP contribution in [0, 0.1) is 13.8 Å². The molecule has 0 spiro atoms. The smallest absolute Gasteiger partial charge is 0.225 e. The highest BCUT2D eigenvalue weighted by Gasteiger charge is 2.27. The predicted octanol–water partition coefficient (Wildman–Crippen LogP) is 2.80. The molecule has 1 aliphatic rings. The zero-order valence-electron chi connectivity index (χ0n) is 13.9. The van der Waals surface area contributed by atoms with Gasteiger partial charge < -0.3 is 4.90 Å². The molecule has 122 valence electrons. The summed E-state index contributed by atoms with van der Waals surface area (Å²) in [5.41, 5.74) is 4.01. The largest absolute Gasteiger partial charge is 0.339 e. The molecule has 3 aromatic heterocycles. The van der Waals surface area contributed by atoms with Gasteiger partial charge in [0.1, 0.15) is 0 Å². The van der Waals surface area contributed by atoms with E-state index in [0.717, 1.165) is 42.5 Å². The van der Waals surface area contributed by atoms with Crippen LogP contribution in [0.4, 0.5) is 5.95 Å². The third-order valence-electron chi connectivity index (χ3n) is 4.41. The van der Waals surface area contributed by atoms with E-state index in [2.05, 4.69) is 37.6 Å². The van der Waals surface area contributed by atoms with Crippen LogP contribution in [0.1, 0.15) is 23.9 Å². The maximum absolute atomic E-state index is 4.70. The Morgan fingerprint density at radius 1 is 1.04 bits per heavy atom. The molecule has 6 nitrogen and oxygen atoms in total. The van der Waals surface area contributed by atoms with E-state index < -0.39 is 0 Å². The first-order valence-electron chi connectivity index (χ1n) is 8.23. The van der Waals surface area contributed by atoms with Crippen molar-refractivity contribution in [3.63, 3.8) is 0 Å². The fourth-order valence-corrected chi connectivity index (χ4v) is 3.30. The number of hydrogen-bond acceptors (Lipinski definition) is 5. The summed E-state index contributed by atoms with van der Waals surface area (Å²) in [5, 5.41) is 4.62. The first kappa shape index (κ1) is 14.8. The second-order valence-electron chi connectivity index (χ2n) is 6.22. The van der Waals surface area contributed by atoms with Crippen LogP contribution in [0.15, 0.2) is 42.7 Å². The van der Waals surface area contributed by atoms with Crippen molar-refractivity contribution in [2.24, 2.45) is 0 Å². The van der Waals surface area contributed by atoms with Gasteiger partial charge in [-0.15, -0.1) is 0 Å². The minimum atomic E-state index is 0.376. The van der Waals surface area contributed by atoms with Crippen LogP contribution in [0.5, 0.6) is 0 Å². The van der Waals surface area contributed by atoms with Crippen molar-refractivity contribution >= 4 is 5.95 Å². The first-order valence-corrected chi connectivity index (χ1v) is 8.23. The van der Waals surface area contributed by atoms with Crippen LogP contribution in [-0.4, -0.2) is 37.8 Å². The lowest BCUT2D eigenvalue weighted by Gasteiger charge is -2.17. The van der Waals surface area contributed by atoms with Crippen molar-refractivity contribution in [1.82, 2.24) is 24.7 Å². The van der Waals surface area contributed by atoms with Gasteiger partial charge in [0.25, 0.3) is 0 Å². The van der Waals surface area contributed by atoms with Crippen LogP contribution in [0.2, 0.25) is 0 Å². The molecular formula is C18H20N6. The topological polar surface area (TPSA) is 59.7 Å². The molecule has 0 bridgehead atoms. The molecule has 3 aromatic rings. The molecule has 0 amide bonds. The van der Waals surface area contributed by atoms with E-state index in [4.69, 9.17) is 4.98 Å². The maximum atomic E-state index is 4.70. The summed E-state index contributed by atoms with van der Waals surface area (Å²) in [6.07, 6.45) is 4.65. The summed E-state index contributed by atoms with van der Waals surface area (Å²) in [5.74, 6) is 0.766. The lowest BCUT2D eigenvalue weighted by Crippen LogP contribution is -2.23. The highest BCUT2D eigenvalue weighted by atomic mass is 15.4. The molecule has 0 radical (unpaired) electrons. The van der Waals surface area contributed by atoms with Crippen molar-refractivity contribution in [3.8, 4) is 11.4 Å². The Bertz CT molecular complexity index is 842. The minimum absolute atomic E-state index is 0.376. The molecule has 4 rings (SSSR count). The van der Waals surface area contributed by atoms with E-state index in [9.17, 15) is 0 Å². The van der Waals surface area contributed by atoms with Crippen LogP contribution < -0.4 is 4.90 Å². The Morgan fingerprint density at radius 3 is 2.71 bits per heavy atom. The highest BCUT2D eigenvalue weighted by molar-refractivity contribution is 5.55. The van der Waals surface area contributed by atoms with Crippen LogP contribution >= 0.6 is 0 Å². The SMILES string of the molecule is Cc1cc(C)n(C2CCN(c3nccc(-c4ccccn4)n3)C2)n1. The molecule has 4 heterocycles. The van der Waals surface area contributed by atoms with Gasteiger partial charge in [-0.3, -0.25) is 9.67 Å². The van der Waals surface area contributed by atoms with Crippen LogP contribution in [-0.2, 0) is 0 Å². The molecule has 0 N–H and O–H groups in total. The van der Waals surface area contributed by atoms with E-state index in [-0.39, 0.29) is 0 Å². The molecule has 1 unspecified atom stereocenters. The molecule has 0 saturated carbocycles. The van der Waals surface area contributed by atoms with E-state index in [1.54, 1.807) is 6.20 Å². The quantitative estimate of drug-likeness (QED) is 0.742. The first-order chi connectivity index (χ1) is 11.7. The summed E-state index contributed by atoms with van der Waals surface area (Å²) in [4.78, 5) is 15.8. The summed E-state index contributed by atoms with van der Waals surface area (Å²) < 4.78 is 2.14. The lowest BCUT2D eigenvalue weighted by molar-refractivity contribution is 0.480. The number of hydrogen-bond donors (Lipinski definition) is 0. The molecular weight excluding hydrogens is 300 g/mol. The normalized spacial score (nSPS) is 17.4. The number of rotatable bonds is 3. The van der Waals surface area contributed by atoms with Crippen molar-refractivity contribution in [2.75, 3.05) is 18.0 Å². The molecule has 0 aliphatic carbocycles. The van der Waals surface area contributed by atoms with E-state index in [0.29, 0.717) is 6.04 Å². The molecule has 1 saturated heterocycles. The summed E-state index contributed by atoms with van der Waals surface area (Å²) in [6, 6.07) is 10.3. The van der Waals surface area contributed by atoms with Gasteiger partial charge in [0.15, 0.2) is 0 Å². The molecule has 24 heavy (non-hydrogen) atoms. The fraction of sp³-hybridized carbons (Fsp3) is 0.333. The average molecular weight is 320 g/mol. The number of aromatic nitrogens is 5. The van der Waals surface area contributed by atoms with Crippen LogP contribution in [0.25, 0.3) is 11.4 Å². The number of aryl methyl sites for hydroxylation is 2. The molecule has 1 fully saturated rings. The summed E-state index contributed by atoms with van der Waals surface area (Å²) in [6.45, 7) is 5.97. The Kier molecular flexibility index (Phi) is 3.72. The van der Waals surface area contributed by atoms with E-state index in [1.807, 2.05) is 37.4 Å². The maximum Gasteiger partial charge on any atom is 0.225 e. The molecule has 1 aliphatic heterocycles. The predicted molar refractivity (Wildman–Crippen MR) is 92.8 cm³/mol. The fourth-order valence-electron chi connectivity index (χ4n) is 3.30. The molecule has 0 aromatic carbocycles.